The van der Waals surface area contributed by atoms with Gasteiger partial charge in [-0.25, -0.2) is 0 Å². The fraction of sp³-hybridized carbons (Fsp3) is 0.632. The summed E-state index contributed by atoms with van der Waals surface area (Å²) in [4.78, 5) is 16.8. The molecule has 0 bridgehead atoms. The van der Waals surface area contributed by atoms with E-state index in [1.807, 2.05) is 36.9 Å². The summed E-state index contributed by atoms with van der Waals surface area (Å²) in [5.74, 6) is 0.469. The van der Waals surface area contributed by atoms with E-state index in [-0.39, 0.29) is 18.1 Å². The third kappa shape index (κ3) is 3.15. The zero-order chi connectivity index (χ0) is 16.4. The minimum atomic E-state index is -0.388. The molecule has 23 heavy (non-hydrogen) atoms. The first kappa shape index (κ1) is 16.5. The third-order valence-corrected chi connectivity index (χ3v) is 5.59. The molecule has 126 valence electrons. The Bertz CT molecular complexity index is 548. The van der Waals surface area contributed by atoms with Gasteiger partial charge in [0.05, 0.1) is 6.10 Å². The standard InChI is InChI=1S/C19H28N2O2/c1-3-20(4-2)19(23)14-9-11-21(12-10-14)17-13-15-7-5-6-8-16(15)18(17)22/h5-8,14,17-18,22H,3-4,9-13H2,1-2H3/t17-,18-/m0/s1. The average Bonchev–Trinajstić information content (AvgIpc) is 2.93. The van der Waals surface area contributed by atoms with E-state index in [2.05, 4.69) is 11.0 Å². The summed E-state index contributed by atoms with van der Waals surface area (Å²) >= 11 is 0. The molecule has 1 amide bonds. The quantitative estimate of drug-likeness (QED) is 0.926. The van der Waals surface area contributed by atoms with E-state index < -0.39 is 0 Å². The molecule has 2 atom stereocenters. The molecule has 0 radical (unpaired) electrons. The van der Waals surface area contributed by atoms with Crippen LogP contribution in [0.2, 0.25) is 0 Å². The van der Waals surface area contributed by atoms with Gasteiger partial charge in [0.2, 0.25) is 5.91 Å². The zero-order valence-electron chi connectivity index (χ0n) is 14.2. The van der Waals surface area contributed by atoms with Crippen LogP contribution in [0.15, 0.2) is 24.3 Å². The molecule has 4 nitrogen and oxygen atoms in total. The van der Waals surface area contributed by atoms with Crippen LogP contribution in [0.1, 0.15) is 43.9 Å². The van der Waals surface area contributed by atoms with Gasteiger partial charge in [0.1, 0.15) is 0 Å². The first-order valence-corrected chi connectivity index (χ1v) is 8.94. The maximum absolute atomic E-state index is 12.5. The van der Waals surface area contributed by atoms with Gasteiger partial charge in [-0.15, -0.1) is 0 Å². The van der Waals surface area contributed by atoms with Gasteiger partial charge < -0.3 is 10.0 Å². The van der Waals surface area contributed by atoms with Crippen LogP contribution in [0.3, 0.4) is 0 Å². The summed E-state index contributed by atoms with van der Waals surface area (Å²) < 4.78 is 0. The molecule has 0 unspecified atom stereocenters. The van der Waals surface area contributed by atoms with E-state index in [1.165, 1.54) is 5.56 Å². The molecule has 1 fully saturated rings. The van der Waals surface area contributed by atoms with E-state index in [4.69, 9.17) is 0 Å². The molecule has 1 aliphatic carbocycles. The van der Waals surface area contributed by atoms with E-state index in [1.54, 1.807) is 0 Å². The minimum Gasteiger partial charge on any atom is -0.387 e. The number of benzene rings is 1. The van der Waals surface area contributed by atoms with Crippen molar-refractivity contribution in [3.05, 3.63) is 35.4 Å². The van der Waals surface area contributed by atoms with Crippen molar-refractivity contribution in [3.8, 4) is 0 Å². The lowest BCUT2D eigenvalue weighted by molar-refractivity contribution is -0.137. The average molecular weight is 316 g/mol. The Morgan fingerprint density at radius 1 is 1.22 bits per heavy atom. The van der Waals surface area contributed by atoms with Crippen LogP contribution in [0.5, 0.6) is 0 Å². The smallest absolute Gasteiger partial charge is 0.225 e. The number of piperidine rings is 1. The second kappa shape index (κ2) is 7.02. The monoisotopic (exact) mass is 316 g/mol. The van der Waals surface area contributed by atoms with Crippen molar-refractivity contribution in [2.24, 2.45) is 5.92 Å². The number of hydrogen-bond donors (Lipinski definition) is 1. The molecule has 1 aliphatic heterocycles. The van der Waals surface area contributed by atoms with Crippen molar-refractivity contribution in [1.82, 2.24) is 9.80 Å². The lowest BCUT2D eigenvalue weighted by Crippen LogP contribution is -2.47. The zero-order valence-corrected chi connectivity index (χ0v) is 14.2. The number of aliphatic hydroxyl groups is 1. The lowest BCUT2D eigenvalue weighted by atomic mass is 9.93. The Hall–Kier alpha value is -1.39. The summed E-state index contributed by atoms with van der Waals surface area (Å²) in [7, 11) is 0. The second-order valence-electron chi connectivity index (χ2n) is 6.74. The van der Waals surface area contributed by atoms with Crippen LogP contribution in [0.25, 0.3) is 0 Å². The van der Waals surface area contributed by atoms with Gasteiger partial charge in [-0.1, -0.05) is 24.3 Å². The second-order valence-corrected chi connectivity index (χ2v) is 6.74. The lowest BCUT2D eigenvalue weighted by Gasteiger charge is -2.38. The molecule has 1 heterocycles. The number of hydrogen-bond acceptors (Lipinski definition) is 3. The molecule has 1 aromatic rings. The molecule has 0 spiro atoms. The summed E-state index contributed by atoms with van der Waals surface area (Å²) in [6.07, 6.45) is 2.36. The Balaban J connectivity index is 1.59. The topological polar surface area (TPSA) is 43.8 Å². The molecule has 4 heteroatoms. The summed E-state index contributed by atoms with van der Waals surface area (Å²) in [6, 6.07) is 8.38. The van der Waals surface area contributed by atoms with Gasteiger partial charge in [-0.05, 0) is 57.3 Å². The number of nitrogens with zero attached hydrogens (tertiary/aromatic N) is 2. The van der Waals surface area contributed by atoms with Crippen LogP contribution >= 0.6 is 0 Å². The number of amides is 1. The largest absolute Gasteiger partial charge is 0.387 e. The van der Waals surface area contributed by atoms with E-state index >= 15 is 0 Å². The van der Waals surface area contributed by atoms with Crippen molar-refractivity contribution in [2.45, 2.75) is 45.3 Å². The molecular weight excluding hydrogens is 288 g/mol. The summed E-state index contributed by atoms with van der Waals surface area (Å²) in [6.45, 7) is 7.50. The van der Waals surface area contributed by atoms with Crippen molar-refractivity contribution >= 4 is 5.91 Å². The fourth-order valence-electron chi connectivity index (χ4n) is 4.15. The number of fused-ring (bicyclic) bond motifs is 1. The molecule has 1 N–H and O–H groups in total. The molecule has 0 saturated carbocycles. The van der Waals surface area contributed by atoms with Gasteiger partial charge in [0.15, 0.2) is 0 Å². The number of carbonyl (C=O) groups excluding carboxylic acids is 1. The number of likely N-dealkylation sites (tertiary alicyclic amines) is 1. The first-order chi connectivity index (χ1) is 11.2. The number of carbonyl (C=O) groups is 1. The van der Waals surface area contributed by atoms with E-state index in [0.717, 1.165) is 51.0 Å². The van der Waals surface area contributed by atoms with Crippen LogP contribution in [-0.2, 0) is 11.2 Å². The highest BCUT2D eigenvalue weighted by Crippen LogP contribution is 2.36. The van der Waals surface area contributed by atoms with Gasteiger partial charge in [0.25, 0.3) is 0 Å². The normalized spacial score (nSPS) is 25.3. The van der Waals surface area contributed by atoms with Gasteiger partial charge in [0, 0.05) is 25.0 Å². The molecule has 2 aliphatic rings. The predicted molar refractivity (Wildman–Crippen MR) is 91.1 cm³/mol. The highest BCUT2D eigenvalue weighted by molar-refractivity contribution is 5.78. The van der Waals surface area contributed by atoms with Crippen LogP contribution in [0, 0.1) is 5.92 Å². The van der Waals surface area contributed by atoms with Gasteiger partial charge in [-0.2, -0.15) is 0 Å². The molecule has 1 saturated heterocycles. The SMILES string of the molecule is CCN(CC)C(=O)C1CCN([C@H]2Cc3ccccc3[C@@H]2O)CC1. The highest BCUT2D eigenvalue weighted by atomic mass is 16.3. The van der Waals surface area contributed by atoms with Crippen LogP contribution in [0.4, 0.5) is 0 Å². The van der Waals surface area contributed by atoms with Crippen LogP contribution in [-0.4, -0.2) is 53.0 Å². The predicted octanol–water partition coefficient (Wildman–Crippen LogP) is 2.23. The maximum Gasteiger partial charge on any atom is 0.225 e. The summed E-state index contributed by atoms with van der Waals surface area (Å²) in [5, 5.41) is 10.6. The Morgan fingerprint density at radius 2 is 1.87 bits per heavy atom. The van der Waals surface area contributed by atoms with Crippen molar-refractivity contribution in [1.29, 1.82) is 0 Å². The van der Waals surface area contributed by atoms with Crippen molar-refractivity contribution in [3.63, 3.8) is 0 Å². The highest BCUT2D eigenvalue weighted by Gasteiger charge is 2.37. The third-order valence-electron chi connectivity index (χ3n) is 5.59. The number of aliphatic hydroxyl groups excluding tert-OH is 1. The van der Waals surface area contributed by atoms with E-state index in [9.17, 15) is 9.90 Å². The van der Waals surface area contributed by atoms with Gasteiger partial charge >= 0.3 is 0 Å². The van der Waals surface area contributed by atoms with Crippen LogP contribution < -0.4 is 0 Å². The van der Waals surface area contributed by atoms with Crippen molar-refractivity contribution in [2.75, 3.05) is 26.2 Å². The Morgan fingerprint density at radius 3 is 2.48 bits per heavy atom. The Labute approximate surface area is 139 Å². The number of rotatable bonds is 4. The fourth-order valence-corrected chi connectivity index (χ4v) is 4.15. The first-order valence-electron chi connectivity index (χ1n) is 8.94. The van der Waals surface area contributed by atoms with Crippen molar-refractivity contribution < 1.29 is 9.90 Å². The minimum absolute atomic E-state index is 0.159. The molecule has 1 aromatic carbocycles. The Kier molecular flexibility index (Phi) is 5.02. The summed E-state index contributed by atoms with van der Waals surface area (Å²) in [5.41, 5.74) is 2.35. The molecule has 3 rings (SSSR count). The van der Waals surface area contributed by atoms with E-state index in [0.29, 0.717) is 5.91 Å². The molecular formula is C19H28N2O2. The van der Waals surface area contributed by atoms with Gasteiger partial charge in [-0.3, -0.25) is 9.69 Å². The maximum atomic E-state index is 12.5. The molecule has 0 aromatic heterocycles.